The van der Waals surface area contributed by atoms with E-state index in [4.69, 9.17) is 4.74 Å². The van der Waals surface area contributed by atoms with Gasteiger partial charge in [-0.3, -0.25) is 0 Å². The van der Waals surface area contributed by atoms with Crippen molar-refractivity contribution in [2.75, 3.05) is 16.6 Å². The number of hydrogen-bond acceptors (Lipinski definition) is 5. The Hall–Kier alpha value is -2.06. The van der Waals surface area contributed by atoms with Gasteiger partial charge in [0.1, 0.15) is 22.9 Å². The molecule has 0 radical (unpaired) electrons. The summed E-state index contributed by atoms with van der Waals surface area (Å²) >= 11 is 1.37. The fourth-order valence-corrected chi connectivity index (χ4v) is 4.38. The van der Waals surface area contributed by atoms with E-state index < -0.39 is 23.6 Å². The second-order valence-corrected chi connectivity index (χ2v) is 8.69. The first kappa shape index (κ1) is 22.6. The Balaban J connectivity index is 0.00000124. The molecule has 1 aliphatic carbocycles. The number of hydrogen-bond donors (Lipinski definition) is 3. The van der Waals surface area contributed by atoms with Crippen molar-refractivity contribution in [3.8, 4) is 5.75 Å². The lowest BCUT2D eigenvalue weighted by atomic mass is 10.1. The van der Waals surface area contributed by atoms with Gasteiger partial charge in [-0.2, -0.15) is 0 Å². The van der Waals surface area contributed by atoms with Gasteiger partial charge in [0, 0.05) is 17.2 Å². The standard InChI is InChI=1S/C20H21F3N2O2S.C2H6/c1-11-2-3-15(13(21)8-11)24-19-17(23)14(22)9-16-18(19)25-28-20(5-6-20)10-12(26)4-7-27-16;1-2/h2-3,8-9,12,24-26H,4-7,10H2,1H3;1-2H3/t12-;/m1./s1. The van der Waals surface area contributed by atoms with Gasteiger partial charge in [0.05, 0.1) is 18.4 Å². The molecule has 1 saturated carbocycles. The van der Waals surface area contributed by atoms with Crippen LogP contribution in [0.2, 0.25) is 0 Å². The molecule has 1 fully saturated rings. The summed E-state index contributed by atoms with van der Waals surface area (Å²) in [6.07, 6.45) is 2.34. The van der Waals surface area contributed by atoms with E-state index in [2.05, 4.69) is 10.0 Å². The third kappa shape index (κ3) is 4.98. The largest absolute Gasteiger partial charge is 0.491 e. The van der Waals surface area contributed by atoms with Crippen LogP contribution in [0.5, 0.6) is 5.75 Å². The zero-order valence-electron chi connectivity index (χ0n) is 17.3. The number of aliphatic hydroxyl groups is 1. The number of nitrogens with one attached hydrogen (secondary N) is 2. The van der Waals surface area contributed by atoms with Crippen molar-refractivity contribution in [1.29, 1.82) is 0 Å². The lowest BCUT2D eigenvalue weighted by Gasteiger charge is -2.25. The third-order valence-corrected chi connectivity index (χ3v) is 6.38. The van der Waals surface area contributed by atoms with E-state index in [1.54, 1.807) is 13.0 Å². The molecule has 1 spiro atoms. The zero-order chi connectivity index (χ0) is 21.9. The van der Waals surface area contributed by atoms with Crippen LogP contribution in [0.15, 0.2) is 24.3 Å². The van der Waals surface area contributed by atoms with Crippen molar-refractivity contribution >= 4 is 29.0 Å². The van der Waals surface area contributed by atoms with E-state index in [0.29, 0.717) is 12.8 Å². The van der Waals surface area contributed by atoms with Crippen molar-refractivity contribution in [2.24, 2.45) is 0 Å². The van der Waals surface area contributed by atoms with Gasteiger partial charge in [0.25, 0.3) is 0 Å². The number of benzene rings is 2. The van der Waals surface area contributed by atoms with E-state index in [-0.39, 0.29) is 34.2 Å². The molecule has 2 aliphatic rings. The average Bonchev–Trinajstić information content (AvgIpc) is 3.47. The van der Waals surface area contributed by atoms with Crippen LogP contribution < -0.4 is 14.8 Å². The summed E-state index contributed by atoms with van der Waals surface area (Å²) in [5.41, 5.74) is 0.781. The Kier molecular flexibility index (Phi) is 7.08. The molecule has 0 amide bonds. The first-order valence-electron chi connectivity index (χ1n) is 10.2. The van der Waals surface area contributed by atoms with E-state index in [1.165, 1.54) is 24.1 Å². The highest BCUT2D eigenvalue weighted by atomic mass is 32.2. The van der Waals surface area contributed by atoms with Gasteiger partial charge in [0.15, 0.2) is 11.6 Å². The Bertz CT molecular complexity index is 906. The van der Waals surface area contributed by atoms with Crippen molar-refractivity contribution in [3.63, 3.8) is 0 Å². The Labute approximate surface area is 179 Å². The van der Waals surface area contributed by atoms with Crippen molar-refractivity contribution in [1.82, 2.24) is 0 Å². The van der Waals surface area contributed by atoms with Gasteiger partial charge >= 0.3 is 0 Å². The number of aliphatic hydroxyl groups excluding tert-OH is 1. The number of ether oxygens (including phenoxy) is 1. The number of fused-ring (bicyclic) bond motifs is 1. The molecule has 8 heteroatoms. The Morgan fingerprint density at radius 1 is 1.17 bits per heavy atom. The van der Waals surface area contributed by atoms with Crippen LogP contribution >= 0.6 is 11.9 Å². The van der Waals surface area contributed by atoms with Gasteiger partial charge in [-0.1, -0.05) is 19.9 Å². The minimum atomic E-state index is -1.11. The summed E-state index contributed by atoms with van der Waals surface area (Å²) in [5.74, 6) is -2.66. The molecule has 0 saturated heterocycles. The summed E-state index contributed by atoms with van der Waals surface area (Å²) in [6.45, 7) is 5.91. The van der Waals surface area contributed by atoms with Crippen LogP contribution in [-0.4, -0.2) is 22.6 Å². The summed E-state index contributed by atoms with van der Waals surface area (Å²) in [4.78, 5) is 0. The SMILES string of the molecule is CC.Cc1ccc(Nc2c(F)c(F)cc3c2NSC2(CC2)C[C@H](O)CCO3)c(F)c1. The van der Waals surface area contributed by atoms with E-state index in [9.17, 15) is 18.3 Å². The predicted octanol–water partition coefficient (Wildman–Crippen LogP) is 6.31. The van der Waals surface area contributed by atoms with Gasteiger partial charge in [-0.25, -0.2) is 13.2 Å². The normalized spacial score (nSPS) is 19.5. The lowest BCUT2D eigenvalue weighted by Crippen LogP contribution is -2.22. The van der Waals surface area contributed by atoms with Gasteiger partial charge < -0.3 is 19.9 Å². The molecule has 0 aromatic heterocycles. The molecule has 1 aliphatic heterocycles. The van der Waals surface area contributed by atoms with Crippen LogP contribution in [0, 0.1) is 24.4 Å². The topological polar surface area (TPSA) is 53.5 Å². The lowest BCUT2D eigenvalue weighted by molar-refractivity contribution is 0.128. The monoisotopic (exact) mass is 440 g/mol. The molecule has 0 bridgehead atoms. The molecule has 164 valence electrons. The van der Waals surface area contributed by atoms with Crippen LogP contribution in [-0.2, 0) is 0 Å². The first-order chi connectivity index (χ1) is 14.4. The van der Waals surface area contributed by atoms with Crippen molar-refractivity contribution in [2.45, 2.75) is 57.3 Å². The average molecular weight is 441 g/mol. The molecule has 4 rings (SSSR count). The second kappa shape index (κ2) is 9.39. The smallest absolute Gasteiger partial charge is 0.184 e. The highest BCUT2D eigenvalue weighted by Crippen LogP contribution is 2.54. The zero-order valence-corrected chi connectivity index (χ0v) is 18.1. The minimum Gasteiger partial charge on any atom is -0.491 e. The number of anilines is 3. The highest BCUT2D eigenvalue weighted by molar-refractivity contribution is 8.02. The molecule has 2 aromatic rings. The molecule has 4 nitrogen and oxygen atoms in total. The maximum atomic E-state index is 14.7. The maximum Gasteiger partial charge on any atom is 0.184 e. The van der Waals surface area contributed by atoms with Crippen LogP contribution in [0.4, 0.5) is 30.2 Å². The Morgan fingerprint density at radius 3 is 2.57 bits per heavy atom. The summed E-state index contributed by atoms with van der Waals surface area (Å²) in [7, 11) is 0. The third-order valence-electron chi connectivity index (χ3n) is 5.06. The van der Waals surface area contributed by atoms with E-state index >= 15 is 0 Å². The highest BCUT2D eigenvalue weighted by Gasteiger charge is 2.46. The molecule has 30 heavy (non-hydrogen) atoms. The maximum absolute atomic E-state index is 14.7. The minimum absolute atomic E-state index is 0.0396. The number of aryl methyl sites for hydroxylation is 1. The molecule has 1 heterocycles. The van der Waals surface area contributed by atoms with Gasteiger partial charge in [0.2, 0.25) is 0 Å². The quantitative estimate of drug-likeness (QED) is 0.478. The number of rotatable bonds is 2. The molecular weight excluding hydrogens is 413 g/mol. The molecule has 2 aromatic carbocycles. The van der Waals surface area contributed by atoms with E-state index in [1.807, 2.05) is 13.8 Å². The van der Waals surface area contributed by atoms with Crippen LogP contribution in [0.3, 0.4) is 0 Å². The summed E-state index contributed by atoms with van der Waals surface area (Å²) < 4.78 is 51.7. The van der Waals surface area contributed by atoms with Crippen molar-refractivity contribution in [3.05, 3.63) is 47.3 Å². The van der Waals surface area contributed by atoms with Crippen molar-refractivity contribution < 1.29 is 23.0 Å². The second-order valence-electron chi connectivity index (χ2n) is 7.41. The fourth-order valence-electron chi connectivity index (χ4n) is 3.27. The molecule has 1 atom stereocenters. The molecular formula is C22H27F3N2O2S. The fraction of sp³-hybridized carbons (Fsp3) is 0.455. The van der Waals surface area contributed by atoms with Crippen LogP contribution in [0.25, 0.3) is 0 Å². The van der Waals surface area contributed by atoms with Gasteiger partial charge in [-0.15, -0.1) is 0 Å². The molecule has 3 N–H and O–H groups in total. The summed E-state index contributed by atoms with van der Waals surface area (Å²) in [5, 5.41) is 12.8. The van der Waals surface area contributed by atoms with E-state index in [0.717, 1.165) is 24.5 Å². The summed E-state index contributed by atoms with van der Waals surface area (Å²) in [6, 6.07) is 5.45. The predicted molar refractivity (Wildman–Crippen MR) is 116 cm³/mol. The Morgan fingerprint density at radius 2 is 1.90 bits per heavy atom. The number of halogens is 3. The molecule has 0 unspecified atom stereocenters. The van der Waals surface area contributed by atoms with Gasteiger partial charge in [-0.05, 0) is 55.8 Å². The van der Waals surface area contributed by atoms with Crippen LogP contribution in [0.1, 0.15) is 45.1 Å². The first-order valence-corrected chi connectivity index (χ1v) is 11.0.